The number of rotatable bonds is 2. The van der Waals surface area contributed by atoms with Crippen molar-refractivity contribution in [2.24, 2.45) is 5.92 Å². The molecular weight excluding hydrogens is 254 g/mol. The van der Waals surface area contributed by atoms with Crippen molar-refractivity contribution in [1.82, 2.24) is 4.73 Å². The number of fused-ring (bicyclic) bond motifs is 1. The van der Waals surface area contributed by atoms with Crippen molar-refractivity contribution in [2.45, 2.75) is 31.5 Å². The summed E-state index contributed by atoms with van der Waals surface area (Å²) in [5.41, 5.74) is 0. The first kappa shape index (κ1) is 12.2. The number of carbonyl (C=O) groups is 1. The SMILES string of the molecule is O=C(O[C@@H]1C[C@@H]2CCO[C@@H]2C1)On1c(O)ccc1O. The van der Waals surface area contributed by atoms with E-state index in [-0.39, 0.29) is 24.0 Å². The third-order valence-corrected chi connectivity index (χ3v) is 3.63. The quantitative estimate of drug-likeness (QED) is 0.779. The van der Waals surface area contributed by atoms with Gasteiger partial charge in [0.25, 0.3) is 0 Å². The minimum absolute atomic E-state index is 0.172. The summed E-state index contributed by atoms with van der Waals surface area (Å²) in [6, 6.07) is 2.41. The predicted octanol–water partition coefficient (Wildman–Crippen LogP) is 1.03. The molecule has 2 N–H and O–H groups in total. The first-order valence-electron chi connectivity index (χ1n) is 6.23. The standard InChI is InChI=1S/C12H15NO6/c14-10-1-2-11(15)13(10)19-12(16)18-8-5-7-3-4-17-9(7)6-8/h1-2,7-9,14-15H,3-6H2/t7-,8+,9+/m0/s1. The Bertz CT molecular complexity index is 453. The van der Waals surface area contributed by atoms with E-state index in [1.807, 2.05) is 0 Å². The maximum atomic E-state index is 11.6. The van der Waals surface area contributed by atoms with Crippen molar-refractivity contribution in [3.63, 3.8) is 0 Å². The zero-order valence-corrected chi connectivity index (χ0v) is 10.2. The van der Waals surface area contributed by atoms with Gasteiger partial charge in [0, 0.05) is 25.2 Å². The lowest BCUT2D eigenvalue weighted by atomic mass is 10.1. The van der Waals surface area contributed by atoms with E-state index in [1.54, 1.807) is 0 Å². The van der Waals surface area contributed by atoms with Gasteiger partial charge in [-0.05, 0) is 18.8 Å². The molecule has 2 fully saturated rings. The van der Waals surface area contributed by atoms with Crippen molar-refractivity contribution in [3.05, 3.63) is 12.1 Å². The normalized spacial score (nSPS) is 29.2. The summed E-state index contributed by atoms with van der Waals surface area (Å²) in [5, 5.41) is 18.6. The second kappa shape index (κ2) is 4.65. The molecule has 7 nitrogen and oxygen atoms in total. The molecule has 3 rings (SSSR count). The first-order chi connectivity index (χ1) is 9.13. The molecule has 19 heavy (non-hydrogen) atoms. The van der Waals surface area contributed by atoms with Gasteiger partial charge in [0.05, 0.1) is 6.10 Å². The van der Waals surface area contributed by atoms with Crippen LogP contribution in [0.3, 0.4) is 0 Å². The van der Waals surface area contributed by atoms with Gasteiger partial charge in [-0.1, -0.05) is 0 Å². The molecule has 0 radical (unpaired) electrons. The molecule has 3 atom stereocenters. The number of carbonyl (C=O) groups excluding carboxylic acids is 1. The fraction of sp³-hybridized carbons (Fsp3) is 0.583. The highest BCUT2D eigenvalue weighted by atomic mass is 16.8. The Hall–Kier alpha value is -1.89. The smallest absolute Gasteiger partial charge is 0.492 e. The van der Waals surface area contributed by atoms with E-state index in [4.69, 9.17) is 14.3 Å². The van der Waals surface area contributed by atoms with Gasteiger partial charge in [0.1, 0.15) is 6.10 Å². The second-order valence-electron chi connectivity index (χ2n) is 4.85. The van der Waals surface area contributed by atoms with Crippen molar-refractivity contribution >= 4 is 6.16 Å². The van der Waals surface area contributed by atoms with Gasteiger partial charge in [0.15, 0.2) is 0 Å². The number of aromatic hydroxyl groups is 2. The summed E-state index contributed by atoms with van der Waals surface area (Å²) in [6.45, 7) is 0.775. The average Bonchev–Trinajstić information content (AvgIpc) is 2.99. The molecule has 2 heterocycles. The van der Waals surface area contributed by atoms with Gasteiger partial charge in [-0.25, -0.2) is 4.79 Å². The molecule has 0 unspecified atom stereocenters. The minimum atomic E-state index is -0.952. The van der Waals surface area contributed by atoms with Crippen molar-refractivity contribution in [3.8, 4) is 11.8 Å². The van der Waals surface area contributed by atoms with E-state index in [9.17, 15) is 15.0 Å². The van der Waals surface area contributed by atoms with Crippen LogP contribution in [0.25, 0.3) is 0 Å². The van der Waals surface area contributed by atoms with Gasteiger partial charge in [0.2, 0.25) is 11.8 Å². The number of ether oxygens (including phenoxy) is 2. The monoisotopic (exact) mass is 269 g/mol. The minimum Gasteiger partial charge on any atom is -0.492 e. The molecule has 1 aliphatic heterocycles. The first-order valence-corrected chi connectivity index (χ1v) is 6.23. The summed E-state index contributed by atoms with van der Waals surface area (Å²) < 4.78 is 11.3. The van der Waals surface area contributed by atoms with Crippen LogP contribution in [-0.4, -0.2) is 39.9 Å². The number of hydrogen-bond donors (Lipinski definition) is 2. The molecule has 0 bridgehead atoms. The van der Waals surface area contributed by atoms with Crippen LogP contribution in [0.4, 0.5) is 4.79 Å². The molecule has 104 valence electrons. The van der Waals surface area contributed by atoms with Gasteiger partial charge in [-0.2, -0.15) is 0 Å². The molecule has 1 saturated carbocycles. The van der Waals surface area contributed by atoms with E-state index in [1.165, 1.54) is 12.1 Å². The Kier molecular flexibility index (Phi) is 2.98. The van der Waals surface area contributed by atoms with Crippen LogP contribution in [0.2, 0.25) is 0 Å². The molecule has 0 spiro atoms. The van der Waals surface area contributed by atoms with E-state index in [0.29, 0.717) is 17.1 Å². The lowest BCUT2D eigenvalue weighted by molar-refractivity contribution is 0.00348. The van der Waals surface area contributed by atoms with Gasteiger partial charge < -0.3 is 19.7 Å². The van der Waals surface area contributed by atoms with Crippen LogP contribution in [0, 0.1) is 5.92 Å². The molecule has 1 aliphatic carbocycles. The van der Waals surface area contributed by atoms with E-state index >= 15 is 0 Å². The fourth-order valence-corrected chi connectivity index (χ4v) is 2.74. The zero-order chi connectivity index (χ0) is 13.4. The Morgan fingerprint density at radius 1 is 1.32 bits per heavy atom. The average molecular weight is 269 g/mol. The van der Waals surface area contributed by atoms with E-state index in [2.05, 4.69) is 0 Å². The molecule has 7 heteroatoms. The summed E-state index contributed by atoms with van der Waals surface area (Å²) in [4.78, 5) is 16.3. The number of nitrogens with zero attached hydrogens (tertiary/aromatic N) is 1. The Balaban J connectivity index is 1.55. The van der Waals surface area contributed by atoms with Crippen LogP contribution in [0.5, 0.6) is 11.8 Å². The lowest BCUT2D eigenvalue weighted by Crippen LogP contribution is -2.25. The highest BCUT2D eigenvalue weighted by molar-refractivity contribution is 5.61. The zero-order valence-electron chi connectivity index (χ0n) is 10.2. The summed E-state index contributed by atoms with van der Waals surface area (Å²) in [5.74, 6) is -0.298. The summed E-state index contributed by atoms with van der Waals surface area (Å²) >= 11 is 0. The van der Waals surface area contributed by atoms with Crippen molar-refractivity contribution in [2.75, 3.05) is 6.61 Å². The molecule has 0 aromatic carbocycles. The van der Waals surface area contributed by atoms with Crippen LogP contribution < -0.4 is 4.84 Å². The van der Waals surface area contributed by atoms with E-state index < -0.39 is 6.16 Å². The molecule has 1 aromatic heterocycles. The maximum Gasteiger partial charge on any atom is 0.534 e. The Labute approximate surface area is 109 Å². The van der Waals surface area contributed by atoms with Crippen molar-refractivity contribution in [1.29, 1.82) is 0 Å². The van der Waals surface area contributed by atoms with Crippen molar-refractivity contribution < 1.29 is 29.3 Å². The van der Waals surface area contributed by atoms with Crippen LogP contribution >= 0.6 is 0 Å². The highest BCUT2D eigenvalue weighted by Gasteiger charge is 2.40. The van der Waals surface area contributed by atoms with Crippen LogP contribution in [0.15, 0.2) is 12.1 Å². The summed E-state index contributed by atoms with van der Waals surface area (Å²) in [7, 11) is 0. The fourth-order valence-electron chi connectivity index (χ4n) is 2.74. The third-order valence-electron chi connectivity index (χ3n) is 3.63. The number of aromatic nitrogens is 1. The molecule has 0 amide bonds. The maximum absolute atomic E-state index is 11.6. The van der Waals surface area contributed by atoms with E-state index in [0.717, 1.165) is 19.4 Å². The van der Waals surface area contributed by atoms with Gasteiger partial charge in [-0.15, -0.1) is 4.73 Å². The molecule has 1 saturated heterocycles. The van der Waals surface area contributed by atoms with Gasteiger partial charge in [-0.3, -0.25) is 4.84 Å². The topological polar surface area (TPSA) is 90.2 Å². The highest BCUT2D eigenvalue weighted by Crippen LogP contribution is 2.37. The summed E-state index contributed by atoms with van der Waals surface area (Å²) in [6.07, 6.45) is 1.42. The molecule has 2 aliphatic rings. The largest absolute Gasteiger partial charge is 0.534 e. The lowest BCUT2D eigenvalue weighted by Gasteiger charge is -2.13. The molecule has 1 aromatic rings. The Morgan fingerprint density at radius 3 is 2.74 bits per heavy atom. The second-order valence-corrected chi connectivity index (χ2v) is 4.85. The number of hydrogen-bond acceptors (Lipinski definition) is 6. The molecular formula is C12H15NO6. The Morgan fingerprint density at radius 2 is 2.05 bits per heavy atom. The van der Waals surface area contributed by atoms with Crippen LogP contribution in [-0.2, 0) is 9.47 Å². The van der Waals surface area contributed by atoms with Gasteiger partial charge >= 0.3 is 6.16 Å². The predicted molar refractivity (Wildman–Crippen MR) is 61.7 cm³/mol. The van der Waals surface area contributed by atoms with Crippen LogP contribution in [0.1, 0.15) is 19.3 Å². The third kappa shape index (κ3) is 2.33.